The zero-order valence-corrected chi connectivity index (χ0v) is 12.7. The van der Waals surface area contributed by atoms with Crippen molar-refractivity contribution in [3.63, 3.8) is 0 Å². The molecule has 0 saturated carbocycles. The smallest absolute Gasteiger partial charge is 0.126 e. The van der Waals surface area contributed by atoms with E-state index >= 15 is 0 Å². The lowest BCUT2D eigenvalue weighted by molar-refractivity contribution is 0.628. The van der Waals surface area contributed by atoms with Gasteiger partial charge in [0.1, 0.15) is 10.8 Å². The molecule has 0 heterocycles. The molecule has 0 saturated heterocycles. The van der Waals surface area contributed by atoms with E-state index in [1.807, 2.05) is 6.07 Å². The van der Waals surface area contributed by atoms with Gasteiger partial charge in [0, 0.05) is 26.4 Å². The first-order valence-electron chi connectivity index (χ1n) is 5.28. The summed E-state index contributed by atoms with van der Waals surface area (Å²) in [6.07, 6.45) is 0. The summed E-state index contributed by atoms with van der Waals surface area (Å²) in [5.41, 5.74) is 7.66. The molecule has 0 unspecified atom stereocenters. The van der Waals surface area contributed by atoms with E-state index < -0.39 is 5.82 Å². The van der Waals surface area contributed by atoms with E-state index in [1.54, 1.807) is 18.2 Å². The number of nitrogens with one attached hydrogen (secondary N) is 1. The SMILES string of the molecule is NC(=S)c1ccc(Nc2cc(F)cc(Cl)c2)cc1Br. The minimum Gasteiger partial charge on any atom is -0.389 e. The summed E-state index contributed by atoms with van der Waals surface area (Å²) in [6, 6.07) is 9.65. The van der Waals surface area contributed by atoms with Crippen LogP contribution in [0.3, 0.4) is 0 Å². The summed E-state index contributed by atoms with van der Waals surface area (Å²) < 4.78 is 14.0. The second kappa shape index (κ2) is 5.86. The van der Waals surface area contributed by atoms with Gasteiger partial charge in [-0.25, -0.2) is 4.39 Å². The molecule has 2 aromatic rings. The maximum Gasteiger partial charge on any atom is 0.126 e. The molecule has 0 aliphatic carbocycles. The quantitative estimate of drug-likeness (QED) is 0.785. The summed E-state index contributed by atoms with van der Waals surface area (Å²) in [5.74, 6) is -0.395. The zero-order valence-electron chi connectivity index (χ0n) is 9.58. The summed E-state index contributed by atoms with van der Waals surface area (Å²) in [4.78, 5) is 0.312. The van der Waals surface area contributed by atoms with Gasteiger partial charge in [-0.15, -0.1) is 0 Å². The summed E-state index contributed by atoms with van der Waals surface area (Å²) >= 11 is 14.1. The average Bonchev–Trinajstić information content (AvgIpc) is 2.26. The average molecular weight is 360 g/mol. The molecule has 98 valence electrons. The Kier molecular flexibility index (Phi) is 4.39. The number of hydrogen-bond donors (Lipinski definition) is 2. The van der Waals surface area contributed by atoms with Gasteiger partial charge in [0.15, 0.2) is 0 Å². The number of nitrogens with two attached hydrogens (primary N) is 1. The largest absolute Gasteiger partial charge is 0.389 e. The lowest BCUT2D eigenvalue weighted by Gasteiger charge is -2.09. The van der Waals surface area contributed by atoms with E-state index in [4.69, 9.17) is 29.6 Å². The van der Waals surface area contributed by atoms with Crippen LogP contribution in [0.4, 0.5) is 15.8 Å². The van der Waals surface area contributed by atoms with Gasteiger partial charge in [0.25, 0.3) is 0 Å². The van der Waals surface area contributed by atoms with Crippen molar-refractivity contribution in [2.45, 2.75) is 0 Å². The minimum atomic E-state index is -0.395. The van der Waals surface area contributed by atoms with Gasteiger partial charge in [0.2, 0.25) is 0 Å². The van der Waals surface area contributed by atoms with Crippen LogP contribution in [0.15, 0.2) is 40.9 Å². The van der Waals surface area contributed by atoms with Crippen LogP contribution in [-0.4, -0.2) is 4.99 Å². The Balaban J connectivity index is 2.28. The van der Waals surface area contributed by atoms with Crippen molar-refractivity contribution in [1.29, 1.82) is 0 Å². The molecular formula is C13H9BrClFN2S. The predicted molar refractivity (Wildman–Crippen MR) is 84.7 cm³/mol. The standard InChI is InChI=1S/C13H9BrClFN2S/c14-12-6-9(1-2-11(12)13(17)19)18-10-4-7(15)3-8(16)5-10/h1-6,18H,(H2,17,19). The fourth-order valence-electron chi connectivity index (χ4n) is 1.59. The third-order valence-corrected chi connectivity index (χ3v) is 3.48. The molecule has 0 fully saturated rings. The predicted octanol–water partition coefficient (Wildman–Crippen LogP) is 4.62. The van der Waals surface area contributed by atoms with E-state index in [1.165, 1.54) is 12.1 Å². The van der Waals surface area contributed by atoms with Crippen LogP contribution in [0, 0.1) is 5.82 Å². The van der Waals surface area contributed by atoms with Crippen molar-refractivity contribution in [1.82, 2.24) is 0 Å². The molecule has 0 spiro atoms. The molecule has 0 amide bonds. The number of anilines is 2. The molecule has 0 bridgehead atoms. The van der Waals surface area contributed by atoms with Crippen LogP contribution in [0.5, 0.6) is 0 Å². The van der Waals surface area contributed by atoms with Crippen LogP contribution in [0.2, 0.25) is 5.02 Å². The molecule has 2 nitrogen and oxygen atoms in total. The Hall–Kier alpha value is -1.17. The van der Waals surface area contributed by atoms with Crippen molar-refractivity contribution < 1.29 is 4.39 Å². The van der Waals surface area contributed by atoms with Gasteiger partial charge in [-0.1, -0.05) is 23.8 Å². The highest BCUT2D eigenvalue weighted by Crippen LogP contribution is 2.26. The van der Waals surface area contributed by atoms with E-state index in [2.05, 4.69) is 21.2 Å². The molecular weight excluding hydrogens is 351 g/mol. The van der Waals surface area contributed by atoms with E-state index in [-0.39, 0.29) is 0 Å². The molecule has 0 atom stereocenters. The first-order chi connectivity index (χ1) is 8.95. The summed E-state index contributed by atoms with van der Waals surface area (Å²) in [6.45, 7) is 0. The van der Waals surface area contributed by atoms with Gasteiger partial charge in [0.05, 0.1) is 0 Å². The Labute approximate surface area is 128 Å². The zero-order chi connectivity index (χ0) is 14.0. The topological polar surface area (TPSA) is 38.0 Å². The van der Waals surface area contributed by atoms with Crippen molar-refractivity contribution in [2.75, 3.05) is 5.32 Å². The maximum atomic E-state index is 13.2. The van der Waals surface area contributed by atoms with Crippen molar-refractivity contribution >= 4 is 56.1 Å². The van der Waals surface area contributed by atoms with E-state index in [0.717, 1.165) is 15.7 Å². The number of benzene rings is 2. The van der Waals surface area contributed by atoms with Crippen molar-refractivity contribution in [3.8, 4) is 0 Å². The molecule has 0 aromatic heterocycles. The second-order valence-electron chi connectivity index (χ2n) is 3.84. The highest BCUT2D eigenvalue weighted by molar-refractivity contribution is 9.10. The maximum absolute atomic E-state index is 13.2. The third kappa shape index (κ3) is 3.65. The van der Waals surface area contributed by atoms with Crippen LogP contribution in [0.25, 0.3) is 0 Å². The lowest BCUT2D eigenvalue weighted by atomic mass is 10.2. The van der Waals surface area contributed by atoms with Crippen molar-refractivity contribution in [3.05, 3.63) is 57.3 Å². The van der Waals surface area contributed by atoms with Gasteiger partial charge in [-0.3, -0.25) is 0 Å². The monoisotopic (exact) mass is 358 g/mol. The minimum absolute atomic E-state index is 0.312. The van der Waals surface area contributed by atoms with Crippen LogP contribution in [-0.2, 0) is 0 Å². The van der Waals surface area contributed by atoms with Gasteiger partial charge in [-0.2, -0.15) is 0 Å². The van der Waals surface area contributed by atoms with Crippen LogP contribution < -0.4 is 11.1 Å². The number of hydrogen-bond acceptors (Lipinski definition) is 2. The molecule has 2 aromatic carbocycles. The molecule has 19 heavy (non-hydrogen) atoms. The third-order valence-electron chi connectivity index (χ3n) is 2.39. The van der Waals surface area contributed by atoms with E-state index in [9.17, 15) is 4.39 Å². The normalized spacial score (nSPS) is 10.3. The summed E-state index contributed by atoms with van der Waals surface area (Å²) in [5, 5.41) is 3.39. The number of thiocarbonyl (C=S) groups is 1. The Morgan fingerprint density at radius 3 is 2.53 bits per heavy atom. The Bertz CT molecular complexity index is 628. The highest BCUT2D eigenvalue weighted by Gasteiger charge is 2.05. The second-order valence-corrected chi connectivity index (χ2v) is 5.57. The fraction of sp³-hybridized carbons (Fsp3) is 0. The lowest BCUT2D eigenvalue weighted by Crippen LogP contribution is -2.10. The molecule has 0 aliphatic rings. The number of rotatable bonds is 3. The molecule has 2 rings (SSSR count). The first kappa shape index (κ1) is 14.2. The van der Waals surface area contributed by atoms with Crippen LogP contribution in [0.1, 0.15) is 5.56 Å². The van der Waals surface area contributed by atoms with Gasteiger partial charge < -0.3 is 11.1 Å². The highest BCUT2D eigenvalue weighted by atomic mass is 79.9. The number of halogens is 3. The van der Waals surface area contributed by atoms with E-state index in [0.29, 0.717) is 15.7 Å². The van der Waals surface area contributed by atoms with Crippen molar-refractivity contribution in [2.24, 2.45) is 5.73 Å². The van der Waals surface area contributed by atoms with Gasteiger partial charge in [-0.05, 0) is 52.3 Å². The molecule has 3 N–H and O–H groups in total. The Morgan fingerprint density at radius 1 is 1.21 bits per heavy atom. The van der Waals surface area contributed by atoms with Crippen LogP contribution >= 0.6 is 39.7 Å². The first-order valence-corrected chi connectivity index (χ1v) is 6.86. The molecule has 0 aliphatic heterocycles. The Morgan fingerprint density at radius 2 is 1.95 bits per heavy atom. The molecule has 6 heteroatoms. The summed E-state index contributed by atoms with van der Waals surface area (Å²) in [7, 11) is 0. The van der Waals surface area contributed by atoms with Gasteiger partial charge >= 0.3 is 0 Å². The fourth-order valence-corrected chi connectivity index (χ4v) is 2.71. The molecule has 0 radical (unpaired) electrons.